The van der Waals surface area contributed by atoms with E-state index in [1.807, 2.05) is 29.6 Å². The summed E-state index contributed by atoms with van der Waals surface area (Å²) in [6.07, 6.45) is 4.15. The number of halogens is 2. The summed E-state index contributed by atoms with van der Waals surface area (Å²) in [5.41, 5.74) is 9.12. The number of anilines is 1. The number of piperidine rings is 1. The van der Waals surface area contributed by atoms with Gasteiger partial charge in [0.2, 0.25) is 0 Å². The molecule has 3 aromatic rings. The van der Waals surface area contributed by atoms with Gasteiger partial charge < -0.3 is 25.1 Å². The molecule has 174 valence electrons. The second-order valence-electron chi connectivity index (χ2n) is 8.40. The number of ether oxygens (including phenoxy) is 1. The van der Waals surface area contributed by atoms with Crippen LogP contribution in [0.2, 0.25) is 10.0 Å². The summed E-state index contributed by atoms with van der Waals surface area (Å²) in [4.78, 5) is 3.06. The minimum Gasteiger partial charge on any atom is -0.409 e. The molecule has 1 aliphatic heterocycles. The molecule has 0 spiro atoms. The molecule has 7 nitrogen and oxygen atoms in total. The van der Waals surface area contributed by atoms with Gasteiger partial charge in [-0.1, -0.05) is 39.6 Å². The second-order valence-corrected chi connectivity index (χ2v) is 10.1. The molecule has 2 fully saturated rings. The Morgan fingerprint density at radius 2 is 1.97 bits per heavy atom. The monoisotopic (exact) mass is 506 g/mol. The molecule has 1 saturated heterocycles. The van der Waals surface area contributed by atoms with E-state index in [1.165, 1.54) is 11.3 Å². The van der Waals surface area contributed by atoms with Gasteiger partial charge in [0.05, 0.1) is 27.6 Å². The number of aromatic nitrogens is 1. The quantitative estimate of drug-likeness (QED) is 0.180. The number of rotatable bonds is 7. The zero-order valence-corrected chi connectivity index (χ0v) is 20.2. The number of oxime groups is 1. The van der Waals surface area contributed by atoms with Gasteiger partial charge in [0.15, 0.2) is 5.84 Å². The Hall–Kier alpha value is -2.26. The standard InChI is InChI=1S/C23H24Cl2N4O3S/c24-17-2-1-3-18(25)20(17)21-16(22(32-28-21)13-4-5-13)11-31-15-6-8-29(9-7-15)14-10-19(33-12-14)23(26)27-30/h1-3,10,12-13,15,30H,4-9,11H2,(H2,26,27). The lowest BCUT2D eigenvalue weighted by Crippen LogP contribution is -2.36. The number of hydrogen-bond donors (Lipinski definition) is 2. The number of nitrogens with zero attached hydrogens (tertiary/aromatic N) is 3. The molecule has 10 heteroatoms. The maximum atomic E-state index is 8.87. The van der Waals surface area contributed by atoms with Crippen molar-refractivity contribution >= 4 is 46.1 Å². The van der Waals surface area contributed by atoms with Gasteiger partial charge in [-0.3, -0.25) is 0 Å². The highest BCUT2D eigenvalue weighted by Crippen LogP contribution is 2.46. The predicted molar refractivity (Wildman–Crippen MR) is 131 cm³/mol. The zero-order chi connectivity index (χ0) is 22.9. The van der Waals surface area contributed by atoms with Crippen LogP contribution in [0, 0.1) is 0 Å². The lowest BCUT2D eigenvalue weighted by molar-refractivity contribution is 0.0246. The van der Waals surface area contributed by atoms with E-state index in [1.54, 1.807) is 0 Å². The minimum absolute atomic E-state index is 0.138. The molecule has 0 atom stereocenters. The first-order valence-electron chi connectivity index (χ1n) is 10.9. The van der Waals surface area contributed by atoms with Crippen LogP contribution in [0.1, 0.15) is 47.8 Å². The summed E-state index contributed by atoms with van der Waals surface area (Å²) in [6.45, 7) is 2.17. The Kier molecular flexibility index (Phi) is 6.51. The van der Waals surface area contributed by atoms with Crippen LogP contribution in [-0.4, -0.2) is 35.4 Å². The number of amidine groups is 1. The summed E-state index contributed by atoms with van der Waals surface area (Å²) in [5, 5.41) is 19.4. The van der Waals surface area contributed by atoms with Gasteiger partial charge in [-0.25, -0.2) is 0 Å². The molecule has 0 amide bonds. The van der Waals surface area contributed by atoms with Crippen LogP contribution in [0.4, 0.5) is 5.69 Å². The van der Waals surface area contributed by atoms with E-state index in [4.69, 9.17) is 43.4 Å². The lowest BCUT2D eigenvalue weighted by atomic mass is 10.0. The Morgan fingerprint density at radius 1 is 1.24 bits per heavy atom. The highest BCUT2D eigenvalue weighted by atomic mass is 35.5. The molecule has 0 unspecified atom stereocenters. The summed E-state index contributed by atoms with van der Waals surface area (Å²) in [7, 11) is 0. The molecule has 1 aliphatic carbocycles. The van der Waals surface area contributed by atoms with E-state index in [0.717, 1.165) is 60.7 Å². The van der Waals surface area contributed by atoms with Crippen LogP contribution < -0.4 is 10.6 Å². The molecule has 0 bridgehead atoms. The van der Waals surface area contributed by atoms with Crippen molar-refractivity contribution < 1.29 is 14.5 Å². The van der Waals surface area contributed by atoms with E-state index >= 15 is 0 Å². The van der Waals surface area contributed by atoms with Crippen molar-refractivity contribution in [2.45, 2.75) is 44.3 Å². The molecule has 5 rings (SSSR count). The van der Waals surface area contributed by atoms with Crippen molar-refractivity contribution in [1.29, 1.82) is 0 Å². The van der Waals surface area contributed by atoms with E-state index < -0.39 is 0 Å². The lowest BCUT2D eigenvalue weighted by Gasteiger charge is -2.32. The molecule has 1 saturated carbocycles. The fourth-order valence-corrected chi connectivity index (χ4v) is 5.60. The predicted octanol–water partition coefficient (Wildman–Crippen LogP) is 5.87. The second kappa shape index (κ2) is 9.54. The number of hydrogen-bond acceptors (Lipinski definition) is 7. The fraction of sp³-hybridized carbons (Fsp3) is 0.391. The fourth-order valence-electron chi connectivity index (χ4n) is 4.21. The first-order valence-corrected chi connectivity index (χ1v) is 12.5. The van der Waals surface area contributed by atoms with Crippen LogP contribution in [-0.2, 0) is 11.3 Å². The molecule has 2 aliphatic rings. The first kappa shape index (κ1) is 22.5. The zero-order valence-electron chi connectivity index (χ0n) is 17.8. The summed E-state index contributed by atoms with van der Waals surface area (Å²) < 4.78 is 12.1. The molecule has 2 aromatic heterocycles. The van der Waals surface area contributed by atoms with Crippen molar-refractivity contribution in [3.05, 3.63) is 55.9 Å². The smallest absolute Gasteiger partial charge is 0.180 e. The van der Waals surface area contributed by atoms with Crippen molar-refractivity contribution in [2.75, 3.05) is 18.0 Å². The Labute approximate surface area is 205 Å². The summed E-state index contributed by atoms with van der Waals surface area (Å²) in [5.74, 6) is 1.43. The minimum atomic E-state index is 0.138. The Bertz CT molecular complexity index is 1150. The van der Waals surface area contributed by atoms with Crippen LogP contribution >= 0.6 is 34.5 Å². The molecule has 1 aromatic carbocycles. The molecule has 3 heterocycles. The van der Waals surface area contributed by atoms with Gasteiger partial charge in [-0.2, -0.15) is 0 Å². The molecule has 33 heavy (non-hydrogen) atoms. The van der Waals surface area contributed by atoms with Crippen LogP contribution in [0.25, 0.3) is 11.3 Å². The summed E-state index contributed by atoms with van der Waals surface area (Å²) >= 11 is 14.4. The van der Waals surface area contributed by atoms with E-state index in [0.29, 0.717) is 33.8 Å². The third-order valence-electron chi connectivity index (χ3n) is 6.18. The van der Waals surface area contributed by atoms with Crippen LogP contribution in [0.15, 0.2) is 39.3 Å². The maximum Gasteiger partial charge on any atom is 0.180 e. The van der Waals surface area contributed by atoms with E-state index in [2.05, 4.69) is 15.2 Å². The Morgan fingerprint density at radius 3 is 2.64 bits per heavy atom. The molecule has 3 N–H and O–H groups in total. The summed E-state index contributed by atoms with van der Waals surface area (Å²) in [6, 6.07) is 7.40. The number of benzene rings is 1. The largest absolute Gasteiger partial charge is 0.409 e. The maximum absolute atomic E-state index is 8.87. The Balaban J connectivity index is 1.26. The van der Waals surface area contributed by atoms with Gasteiger partial charge >= 0.3 is 0 Å². The van der Waals surface area contributed by atoms with Gasteiger partial charge in [0.25, 0.3) is 0 Å². The number of nitrogens with two attached hydrogens (primary N) is 1. The van der Waals surface area contributed by atoms with Gasteiger partial charge in [0.1, 0.15) is 11.5 Å². The highest BCUT2D eigenvalue weighted by molar-refractivity contribution is 7.12. The third-order valence-corrected chi connectivity index (χ3v) is 7.75. The molecule has 0 radical (unpaired) electrons. The van der Waals surface area contributed by atoms with E-state index in [9.17, 15) is 0 Å². The third kappa shape index (κ3) is 4.71. The average molecular weight is 507 g/mol. The van der Waals surface area contributed by atoms with Crippen LogP contribution in [0.3, 0.4) is 0 Å². The van der Waals surface area contributed by atoms with Crippen molar-refractivity contribution in [1.82, 2.24) is 5.16 Å². The first-order chi connectivity index (χ1) is 16.0. The van der Waals surface area contributed by atoms with Crippen molar-refractivity contribution in [2.24, 2.45) is 10.9 Å². The van der Waals surface area contributed by atoms with Gasteiger partial charge in [-0.05, 0) is 43.9 Å². The van der Waals surface area contributed by atoms with Gasteiger partial charge in [-0.15, -0.1) is 11.3 Å². The topological polar surface area (TPSA) is 97.1 Å². The molecular weight excluding hydrogens is 483 g/mol. The van der Waals surface area contributed by atoms with Gasteiger partial charge in [0, 0.05) is 41.2 Å². The normalized spacial score (nSPS) is 17.6. The highest BCUT2D eigenvalue weighted by Gasteiger charge is 2.34. The average Bonchev–Trinajstić information content (AvgIpc) is 3.39. The van der Waals surface area contributed by atoms with Crippen molar-refractivity contribution in [3.63, 3.8) is 0 Å². The molecular formula is C23H24Cl2N4O3S. The van der Waals surface area contributed by atoms with E-state index in [-0.39, 0.29) is 11.9 Å². The SMILES string of the molecule is NC(=NO)c1cc(N2CCC(OCc3c(-c4c(Cl)cccc4Cl)noc3C3CC3)CC2)cs1. The van der Waals surface area contributed by atoms with Crippen LogP contribution in [0.5, 0.6) is 0 Å². The number of thiophene rings is 1. The van der Waals surface area contributed by atoms with Crippen molar-refractivity contribution in [3.8, 4) is 11.3 Å².